The Bertz CT molecular complexity index is 1320. The van der Waals surface area contributed by atoms with Gasteiger partial charge in [-0.3, -0.25) is 0 Å². The second kappa shape index (κ2) is 8.62. The number of nitrogens with one attached hydrogen (secondary N) is 1. The van der Waals surface area contributed by atoms with Crippen LogP contribution in [0.4, 0.5) is 0 Å². The van der Waals surface area contributed by atoms with Crippen molar-refractivity contribution in [2.24, 2.45) is 0 Å². The Hall–Kier alpha value is -3.40. The van der Waals surface area contributed by atoms with Gasteiger partial charge in [0, 0.05) is 41.3 Å². The molecule has 5 rings (SSSR count). The van der Waals surface area contributed by atoms with Gasteiger partial charge in [-0.2, -0.15) is 0 Å². The molecule has 4 nitrogen and oxygen atoms in total. The van der Waals surface area contributed by atoms with Crippen molar-refractivity contribution in [3.05, 3.63) is 93.7 Å². The Morgan fingerprint density at radius 3 is 2.78 bits per heavy atom. The van der Waals surface area contributed by atoms with E-state index in [4.69, 9.17) is 14.7 Å². The van der Waals surface area contributed by atoms with E-state index in [9.17, 15) is 0 Å². The summed E-state index contributed by atoms with van der Waals surface area (Å²) in [5, 5.41) is 1.23. The number of nitrogens with zero attached hydrogens (tertiary/aromatic N) is 2. The molecule has 0 amide bonds. The van der Waals surface area contributed by atoms with Gasteiger partial charge in [0.05, 0.1) is 7.11 Å². The summed E-state index contributed by atoms with van der Waals surface area (Å²) in [5.41, 5.74) is 10.2. The molecule has 0 saturated carbocycles. The average molecular weight is 424 g/mol. The lowest BCUT2D eigenvalue weighted by molar-refractivity contribution is 0.415. The number of methoxy groups -OCH3 is 1. The summed E-state index contributed by atoms with van der Waals surface area (Å²) in [6.45, 7) is 4.27. The number of hydrogen-bond acceptors (Lipinski definition) is 3. The Balaban J connectivity index is 1.26. The number of allylic oxidation sites excluding steroid dienone is 1. The zero-order valence-electron chi connectivity index (χ0n) is 19.0. The van der Waals surface area contributed by atoms with E-state index in [0.29, 0.717) is 0 Å². The second-order valence-electron chi connectivity index (χ2n) is 8.87. The molecule has 2 aromatic heterocycles. The number of H-pyrrole nitrogens is 1. The van der Waals surface area contributed by atoms with Crippen LogP contribution in [0.5, 0.6) is 5.75 Å². The van der Waals surface area contributed by atoms with E-state index in [0.717, 1.165) is 60.6 Å². The minimum atomic E-state index is 0.852. The highest BCUT2D eigenvalue weighted by Gasteiger charge is 2.12. The van der Waals surface area contributed by atoms with Crippen molar-refractivity contribution in [2.45, 2.75) is 46.0 Å². The van der Waals surface area contributed by atoms with Crippen LogP contribution in [0.3, 0.4) is 0 Å². The van der Waals surface area contributed by atoms with Crippen LogP contribution in [0, 0.1) is 6.92 Å². The lowest BCUT2D eigenvalue weighted by Crippen LogP contribution is -2.03. The normalized spacial score (nSPS) is 12.8. The first-order valence-electron chi connectivity index (χ1n) is 11.3. The van der Waals surface area contributed by atoms with E-state index in [1.807, 2.05) is 6.07 Å². The average Bonchev–Trinajstić information content (AvgIpc) is 3.35. The fraction of sp³-hybridized carbons (Fsp3) is 0.286. The Kier molecular flexibility index (Phi) is 5.52. The molecule has 2 aromatic carbocycles. The van der Waals surface area contributed by atoms with Crippen molar-refractivity contribution in [1.29, 1.82) is 0 Å². The van der Waals surface area contributed by atoms with E-state index in [-0.39, 0.29) is 0 Å². The van der Waals surface area contributed by atoms with Crippen molar-refractivity contribution >= 4 is 17.0 Å². The van der Waals surface area contributed by atoms with Gasteiger partial charge in [-0.1, -0.05) is 29.8 Å². The SMILES string of the molecule is COc1ccc2[nH]cc(CCCc3nc(C)cc(Cc4ccc5c(c4)CC(C)=C5)n3)c2c1. The molecule has 0 unspecified atom stereocenters. The van der Waals surface area contributed by atoms with Gasteiger partial charge < -0.3 is 9.72 Å². The number of hydrogen-bond donors (Lipinski definition) is 1. The Morgan fingerprint density at radius 1 is 1.00 bits per heavy atom. The van der Waals surface area contributed by atoms with Gasteiger partial charge in [-0.25, -0.2) is 9.97 Å². The van der Waals surface area contributed by atoms with Crippen LogP contribution in [0.2, 0.25) is 0 Å². The predicted molar refractivity (Wildman–Crippen MR) is 130 cm³/mol. The fourth-order valence-electron chi connectivity index (χ4n) is 4.72. The third kappa shape index (κ3) is 4.31. The molecule has 0 radical (unpaired) electrons. The summed E-state index contributed by atoms with van der Waals surface area (Å²) < 4.78 is 5.39. The van der Waals surface area contributed by atoms with Crippen molar-refractivity contribution in [1.82, 2.24) is 15.0 Å². The first-order chi connectivity index (χ1) is 15.6. The highest BCUT2D eigenvalue weighted by Crippen LogP contribution is 2.27. The molecule has 1 aliphatic carbocycles. The molecule has 4 heteroatoms. The minimum Gasteiger partial charge on any atom is -0.497 e. The lowest BCUT2D eigenvalue weighted by Gasteiger charge is -2.08. The van der Waals surface area contributed by atoms with Gasteiger partial charge in [-0.15, -0.1) is 0 Å². The van der Waals surface area contributed by atoms with Gasteiger partial charge in [0.2, 0.25) is 0 Å². The van der Waals surface area contributed by atoms with Crippen molar-refractivity contribution < 1.29 is 4.74 Å². The summed E-state index contributed by atoms with van der Waals surface area (Å²) in [4.78, 5) is 13.0. The van der Waals surface area contributed by atoms with Crippen LogP contribution in [0.1, 0.15) is 52.8 Å². The molecule has 162 valence electrons. The zero-order valence-corrected chi connectivity index (χ0v) is 19.0. The molecular weight excluding hydrogens is 394 g/mol. The molecule has 4 aromatic rings. The van der Waals surface area contributed by atoms with Crippen LogP contribution in [0.15, 0.2) is 54.2 Å². The highest BCUT2D eigenvalue weighted by atomic mass is 16.5. The van der Waals surface area contributed by atoms with Gasteiger partial charge >= 0.3 is 0 Å². The third-order valence-electron chi connectivity index (χ3n) is 6.24. The molecule has 0 saturated heterocycles. The smallest absolute Gasteiger partial charge is 0.128 e. The molecule has 1 N–H and O–H groups in total. The van der Waals surface area contributed by atoms with E-state index in [2.05, 4.69) is 67.5 Å². The number of aromatic nitrogens is 3. The minimum absolute atomic E-state index is 0.852. The first kappa shape index (κ1) is 20.5. The Morgan fingerprint density at radius 2 is 1.91 bits per heavy atom. The van der Waals surface area contributed by atoms with Crippen LogP contribution in [0.25, 0.3) is 17.0 Å². The molecule has 32 heavy (non-hydrogen) atoms. The third-order valence-corrected chi connectivity index (χ3v) is 6.24. The first-order valence-corrected chi connectivity index (χ1v) is 11.3. The topological polar surface area (TPSA) is 50.8 Å². The van der Waals surface area contributed by atoms with Crippen molar-refractivity contribution in [2.75, 3.05) is 7.11 Å². The van der Waals surface area contributed by atoms with Gasteiger partial charge in [0.25, 0.3) is 0 Å². The summed E-state index contributed by atoms with van der Waals surface area (Å²) in [5.74, 6) is 1.83. The van der Waals surface area contributed by atoms with Crippen LogP contribution < -0.4 is 4.74 Å². The molecular formula is C28H29N3O. The van der Waals surface area contributed by atoms with Gasteiger partial charge in [-0.05, 0) is 79.6 Å². The highest BCUT2D eigenvalue weighted by molar-refractivity contribution is 5.84. The standard InChI is InChI=1S/C28H29N3O/c1-18-11-21-8-7-20(14-23(21)12-18)15-24-13-19(2)30-28(31-24)6-4-5-22-17-29-27-10-9-25(32-3)16-26(22)27/h7-11,13-14,16-17,29H,4-6,12,15H2,1-3H3. The summed E-state index contributed by atoms with van der Waals surface area (Å²) in [6, 6.07) is 15.1. The van der Waals surface area contributed by atoms with Gasteiger partial charge in [0.1, 0.15) is 11.6 Å². The Labute approximate surface area is 189 Å². The number of aryl methyl sites for hydroxylation is 3. The molecule has 0 fully saturated rings. The maximum Gasteiger partial charge on any atom is 0.128 e. The van der Waals surface area contributed by atoms with Crippen LogP contribution in [-0.4, -0.2) is 22.1 Å². The summed E-state index contributed by atoms with van der Waals surface area (Å²) >= 11 is 0. The predicted octanol–water partition coefficient (Wildman–Crippen LogP) is 6.00. The molecule has 1 aliphatic rings. The fourth-order valence-corrected chi connectivity index (χ4v) is 4.72. The number of rotatable bonds is 7. The van der Waals surface area contributed by atoms with Crippen LogP contribution >= 0.6 is 0 Å². The van der Waals surface area contributed by atoms with Gasteiger partial charge in [0.15, 0.2) is 0 Å². The molecule has 2 heterocycles. The van der Waals surface area contributed by atoms with E-state index in [1.54, 1.807) is 7.11 Å². The van der Waals surface area contributed by atoms with E-state index >= 15 is 0 Å². The van der Waals surface area contributed by atoms with Crippen LogP contribution in [-0.2, 0) is 25.7 Å². The molecule has 0 aliphatic heterocycles. The maximum absolute atomic E-state index is 5.39. The van der Waals surface area contributed by atoms with Crippen molar-refractivity contribution in [3.63, 3.8) is 0 Å². The number of fused-ring (bicyclic) bond motifs is 2. The van der Waals surface area contributed by atoms with Crippen molar-refractivity contribution in [3.8, 4) is 5.75 Å². The number of benzene rings is 2. The number of aromatic amines is 1. The van der Waals surface area contributed by atoms with E-state index < -0.39 is 0 Å². The molecule has 0 bridgehead atoms. The lowest BCUT2D eigenvalue weighted by atomic mass is 10.0. The molecule has 0 spiro atoms. The monoisotopic (exact) mass is 423 g/mol. The molecule has 0 atom stereocenters. The van der Waals surface area contributed by atoms with E-state index in [1.165, 1.54) is 33.2 Å². The summed E-state index contributed by atoms with van der Waals surface area (Å²) in [7, 11) is 1.71. The summed E-state index contributed by atoms with van der Waals surface area (Å²) in [6.07, 6.45) is 9.18. The number of ether oxygens (including phenoxy) is 1. The quantitative estimate of drug-likeness (QED) is 0.397. The maximum atomic E-state index is 5.39. The second-order valence-corrected chi connectivity index (χ2v) is 8.87. The zero-order chi connectivity index (χ0) is 22.1. The largest absolute Gasteiger partial charge is 0.497 e.